The largest absolute Gasteiger partial charge is 0.396 e. The van der Waals surface area contributed by atoms with Crippen LogP contribution in [0.2, 0.25) is 0 Å². The first kappa shape index (κ1) is 14.6. The molecule has 0 saturated heterocycles. The van der Waals surface area contributed by atoms with Gasteiger partial charge in [-0.1, -0.05) is 6.92 Å². The lowest BCUT2D eigenvalue weighted by Gasteiger charge is -2.30. The third-order valence-electron chi connectivity index (χ3n) is 3.32. The number of carbonyl (C=O) groups is 1. The highest BCUT2D eigenvalue weighted by Gasteiger charge is 2.19. The maximum absolute atomic E-state index is 12.8. The zero-order valence-electron chi connectivity index (χ0n) is 10.8. The Morgan fingerprint density at radius 2 is 1.94 bits per heavy atom. The van der Waals surface area contributed by atoms with Gasteiger partial charge in [0.2, 0.25) is 6.41 Å². The topological polar surface area (TPSA) is 40.5 Å². The van der Waals surface area contributed by atoms with Crippen molar-refractivity contribution >= 4 is 12.1 Å². The Bertz CT molecular complexity index is 367. The van der Waals surface area contributed by atoms with Crippen molar-refractivity contribution in [2.24, 2.45) is 5.92 Å². The standard InChI is InChI=1S/C14H20FNO2/c1-11(4-3-9-17)12(2)16(10-18)14-7-5-13(15)6-8-14/h5-8,10-12,17H,3-4,9H2,1-2H3. The molecule has 4 heteroatoms. The van der Waals surface area contributed by atoms with E-state index in [0.29, 0.717) is 5.69 Å². The fraction of sp³-hybridized carbons (Fsp3) is 0.500. The van der Waals surface area contributed by atoms with Gasteiger partial charge in [0.15, 0.2) is 0 Å². The van der Waals surface area contributed by atoms with Crippen LogP contribution in [-0.2, 0) is 4.79 Å². The van der Waals surface area contributed by atoms with Gasteiger partial charge in [0, 0.05) is 18.3 Å². The fourth-order valence-electron chi connectivity index (χ4n) is 1.93. The van der Waals surface area contributed by atoms with Gasteiger partial charge >= 0.3 is 0 Å². The predicted molar refractivity (Wildman–Crippen MR) is 69.9 cm³/mol. The van der Waals surface area contributed by atoms with E-state index in [1.807, 2.05) is 13.8 Å². The zero-order chi connectivity index (χ0) is 13.5. The number of hydrogen-bond acceptors (Lipinski definition) is 2. The van der Waals surface area contributed by atoms with Crippen LogP contribution < -0.4 is 4.90 Å². The second kappa shape index (κ2) is 7.11. The highest BCUT2D eigenvalue weighted by molar-refractivity contribution is 5.75. The van der Waals surface area contributed by atoms with Gasteiger partial charge in [0.1, 0.15) is 5.82 Å². The summed E-state index contributed by atoms with van der Waals surface area (Å²) < 4.78 is 12.8. The van der Waals surface area contributed by atoms with Crippen molar-refractivity contribution in [2.45, 2.75) is 32.7 Å². The summed E-state index contributed by atoms with van der Waals surface area (Å²) in [5.41, 5.74) is 0.690. The molecule has 0 radical (unpaired) electrons. The monoisotopic (exact) mass is 253 g/mol. The van der Waals surface area contributed by atoms with Gasteiger partial charge < -0.3 is 10.0 Å². The van der Waals surface area contributed by atoms with Crippen LogP contribution in [-0.4, -0.2) is 24.2 Å². The molecule has 2 unspecified atom stereocenters. The number of rotatable bonds is 7. The van der Waals surface area contributed by atoms with Gasteiger partial charge in [-0.25, -0.2) is 4.39 Å². The molecule has 0 bridgehead atoms. The summed E-state index contributed by atoms with van der Waals surface area (Å²) in [5, 5.41) is 8.82. The van der Waals surface area contributed by atoms with Gasteiger partial charge in [-0.2, -0.15) is 0 Å². The Labute approximate surface area is 107 Å². The SMILES string of the molecule is CC(CCCO)C(C)N(C=O)c1ccc(F)cc1. The first-order valence-corrected chi connectivity index (χ1v) is 6.20. The summed E-state index contributed by atoms with van der Waals surface area (Å²) in [6, 6.07) is 5.89. The van der Waals surface area contributed by atoms with E-state index in [-0.39, 0.29) is 24.4 Å². The number of nitrogens with zero attached hydrogens (tertiary/aromatic N) is 1. The number of carbonyl (C=O) groups excluding carboxylic acids is 1. The van der Waals surface area contributed by atoms with Crippen LogP contribution in [0.5, 0.6) is 0 Å². The molecule has 3 nitrogen and oxygen atoms in total. The smallest absolute Gasteiger partial charge is 0.214 e. The number of halogens is 1. The highest BCUT2D eigenvalue weighted by atomic mass is 19.1. The zero-order valence-corrected chi connectivity index (χ0v) is 10.8. The summed E-state index contributed by atoms with van der Waals surface area (Å²) in [5.74, 6) is -0.0435. The Hall–Kier alpha value is -1.42. The second-order valence-corrected chi connectivity index (χ2v) is 4.57. The highest BCUT2D eigenvalue weighted by Crippen LogP contribution is 2.22. The van der Waals surface area contributed by atoms with E-state index in [9.17, 15) is 9.18 Å². The van der Waals surface area contributed by atoms with Crippen LogP contribution in [0.25, 0.3) is 0 Å². The normalized spacial score (nSPS) is 14.0. The molecule has 1 aromatic rings. The molecule has 1 N–H and O–H groups in total. The Balaban J connectivity index is 2.76. The second-order valence-electron chi connectivity index (χ2n) is 4.57. The number of aliphatic hydroxyl groups excluding tert-OH is 1. The molecular weight excluding hydrogens is 233 g/mol. The summed E-state index contributed by atoms with van der Waals surface area (Å²) in [6.07, 6.45) is 2.35. The van der Waals surface area contributed by atoms with Gasteiger partial charge in [-0.3, -0.25) is 4.79 Å². The van der Waals surface area contributed by atoms with Crippen molar-refractivity contribution in [1.29, 1.82) is 0 Å². The van der Waals surface area contributed by atoms with Crippen molar-refractivity contribution < 1.29 is 14.3 Å². The lowest BCUT2D eigenvalue weighted by atomic mass is 9.96. The van der Waals surface area contributed by atoms with Crippen LogP contribution >= 0.6 is 0 Å². The average Bonchev–Trinajstić information content (AvgIpc) is 2.38. The minimum Gasteiger partial charge on any atom is -0.396 e. The summed E-state index contributed by atoms with van der Waals surface area (Å²) >= 11 is 0. The van der Waals surface area contributed by atoms with Crippen molar-refractivity contribution in [3.63, 3.8) is 0 Å². The van der Waals surface area contributed by atoms with Crippen molar-refractivity contribution in [3.05, 3.63) is 30.1 Å². The van der Waals surface area contributed by atoms with Crippen LogP contribution in [0.1, 0.15) is 26.7 Å². The third-order valence-corrected chi connectivity index (χ3v) is 3.32. The lowest BCUT2D eigenvalue weighted by Crippen LogP contribution is -2.36. The van der Waals surface area contributed by atoms with E-state index in [4.69, 9.17) is 5.11 Å². The first-order valence-electron chi connectivity index (χ1n) is 6.20. The van der Waals surface area contributed by atoms with Gasteiger partial charge in [0.05, 0.1) is 0 Å². The van der Waals surface area contributed by atoms with E-state index in [2.05, 4.69) is 0 Å². The number of aliphatic hydroxyl groups is 1. The number of benzene rings is 1. The first-order chi connectivity index (χ1) is 8.60. The molecule has 0 aromatic heterocycles. The van der Waals surface area contributed by atoms with Crippen LogP contribution in [0.15, 0.2) is 24.3 Å². The fourth-order valence-corrected chi connectivity index (χ4v) is 1.93. The molecule has 1 amide bonds. The summed E-state index contributed by atoms with van der Waals surface area (Å²) in [7, 11) is 0. The molecule has 1 rings (SSSR count). The minimum atomic E-state index is -0.314. The number of amides is 1. The maximum Gasteiger partial charge on any atom is 0.214 e. The van der Waals surface area contributed by atoms with E-state index in [0.717, 1.165) is 19.3 Å². The quantitative estimate of drug-likeness (QED) is 0.759. The van der Waals surface area contributed by atoms with E-state index in [1.54, 1.807) is 17.0 Å². The molecular formula is C14H20FNO2. The van der Waals surface area contributed by atoms with E-state index < -0.39 is 0 Å². The molecule has 0 aliphatic rings. The van der Waals surface area contributed by atoms with Crippen LogP contribution in [0, 0.1) is 11.7 Å². The molecule has 1 aromatic carbocycles. The number of hydrogen-bond donors (Lipinski definition) is 1. The summed E-state index contributed by atoms with van der Waals surface area (Å²) in [4.78, 5) is 12.8. The Kier molecular flexibility index (Phi) is 5.78. The lowest BCUT2D eigenvalue weighted by molar-refractivity contribution is -0.108. The molecule has 0 saturated carbocycles. The van der Waals surface area contributed by atoms with Crippen LogP contribution in [0.3, 0.4) is 0 Å². The van der Waals surface area contributed by atoms with E-state index >= 15 is 0 Å². The molecule has 0 aliphatic carbocycles. The third kappa shape index (κ3) is 3.81. The van der Waals surface area contributed by atoms with Gasteiger partial charge in [-0.05, 0) is 49.9 Å². The number of anilines is 1. The Morgan fingerprint density at radius 1 is 1.33 bits per heavy atom. The van der Waals surface area contributed by atoms with E-state index in [1.165, 1.54) is 12.1 Å². The summed E-state index contributed by atoms with van der Waals surface area (Å²) in [6.45, 7) is 4.16. The molecule has 2 atom stereocenters. The van der Waals surface area contributed by atoms with Crippen LogP contribution in [0.4, 0.5) is 10.1 Å². The van der Waals surface area contributed by atoms with Gasteiger partial charge in [0.25, 0.3) is 0 Å². The predicted octanol–water partition coefficient (Wildman–Crippen LogP) is 2.59. The molecule has 0 spiro atoms. The average molecular weight is 253 g/mol. The maximum atomic E-state index is 12.8. The van der Waals surface area contributed by atoms with Crippen molar-refractivity contribution in [1.82, 2.24) is 0 Å². The molecule has 0 heterocycles. The molecule has 18 heavy (non-hydrogen) atoms. The minimum absolute atomic E-state index is 0.0134. The Morgan fingerprint density at radius 3 is 2.44 bits per heavy atom. The van der Waals surface area contributed by atoms with Crippen molar-refractivity contribution in [2.75, 3.05) is 11.5 Å². The molecule has 0 aliphatic heterocycles. The molecule has 100 valence electrons. The molecule has 0 fully saturated rings. The van der Waals surface area contributed by atoms with Crippen molar-refractivity contribution in [3.8, 4) is 0 Å². The van der Waals surface area contributed by atoms with Gasteiger partial charge in [-0.15, -0.1) is 0 Å².